The lowest BCUT2D eigenvalue weighted by Gasteiger charge is -2.34. The van der Waals surface area contributed by atoms with Crippen molar-refractivity contribution in [3.63, 3.8) is 0 Å². The van der Waals surface area contributed by atoms with Crippen LogP contribution in [0.5, 0.6) is 5.75 Å². The van der Waals surface area contributed by atoms with E-state index in [1.165, 1.54) is 4.68 Å². The maximum atomic E-state index is 12.5. The van der Waals surface area contributed by atoms with E-state index in [2.05, 4.69) is 26.4 Å². The maximum absolute atomic E-state index is 12.5. The van der Waals surface area contributed by atoms with E-state index in [0.29, 0.717) is 24.4 Å². The Kier molecular flexibility index (Phi) is 7.47. The smallest absolute Gasteiger partial charge is 0.314 e. The van der Waals surface area contributed by atoms with Gasteiger partial charge in [-0.2, -0.15) is 5.10 Å². The molecule has 1 aliphatic rings. The zero-order chi connectivity index (χ0) is 23.3. The Morgan fingerprint density at radius 1 is 1.28 bits per heavy atom. The largest absolute Gasteiger partial charge is 0.496 e. The predicted octanol–water partition coefficient (Wildman–Crippen LogP) is 1.09. The minimum atomic E-state index is -0.811. The van der Waals surface area contributed by atoms with E-state index >= 15 is 0 Å². The summed E-state index contributed by atoms with van der Waals surface area (Å²) < 4.78 is 6.77. The van der Waals surface area contributed by atoms with E-state index in [1.54, 1.807) is 20.1 Å². The fourth-order valence-electron chi connectivity index (χ4n) is 3.55. The molecule has 0 bridgehead atoms. The lowest BCUT2D eigenvalue weighted by molar-refractivity contribution is -0.136. The number of amides is 3. The summed E-state index contributed by atoms with van der Waals surface area (Å²) in [5.41, 5.74) is 1.57. The van der Waals surface area contributed by atoms with E-state index in [4.69, 9.17) is 4.74 Å². The third-order valence-electron chi connectivity index (χ3n) is 5.30. The fraction of sp³-hybridized carbons (Fsp3) is 0.455. The van der Waals surface area contributed by atoms with Gasteiger partial charge in [0.05, 0.1) is 12.8 Å². The van der Waals surface area contributed by atoms with Crippen LogP contribution in [0.4, 0.5) is 5.82 Å². The summed E-state index contributed by atoms with van der Waals surface area (Å²) in [5, 5.41) is 15.7. The number of nitrogens with zero attached hydrogens (tertiary/aromatic N) is 2. The highest BCUT2D eigenvalue weighted by Gasteiger charge is 2.30. The lowest BCUT2D eigenvalue weighted by atomic mass is 9.99. The molecule has 2 atom stereocenters. The van der Waals surface area contributed by atoms with Crippen LogP contribution >= 0.6 is 0 Å². The first-order valence-electron chi connectivity index (χ1n) is 10.6. The van der Waals surface area contributed by atoms with Crippen LogP contribution < -0.4 is 26.0 Å². The summed E-state index contributed by atoms with van der Waals surface area (Å²) in [5.74, 6) is -0.388. The summed E-state index contributed by atoms with van der Waals surface area (Å²) in [7, 11) is 1.59. The SMILES string of the molecule is COc1ccccc1CCNC(=O)C(=O)Nc1cc(C)nn1C1NC(=O)CC(C(C)C)N1. The van der Waals surface area contributed by atoms with Crippen molar-refractivity contribution >= 4 is 23.5 Å². The molecule has 172 valence electrons. The van der Waals surface area contributed by atoms with Crippen LogP contribution in [-0.4, -0.2) is 47.2 Å². The van der Waals surface area contributed by atoms with Gasteiger partial charge in [0, 0.05) is 25.1 Å². The second kappa shape index (κ2) is 10.3. The number of nitrogens with one attached hydrogen (secondary N) is 4. The fourth-order valence-corrected chi connectivity index (χ4v) is 3.55. The molecule has 1 aromatic carbocycles. The average molecular weight is 443 g/mol. The molecule has 4 N–H and O–H groups in total. The number of ether oxygens (including phenoxy) is 1. The quantitative estimate of drug-likeness (QED) is 0.476. The first kappa shape index (κ1) is 23.3. The van der Waals surface area contributed by atoms with Crippen molar-refractivity contribution in [3.05, 3.63) is 41.6 Å². The molecule has 1 aliphatic heterocycles. The van der Waals surface area contributed by atoms with Gasteiger partial charge in [-0.25, -0.2) is 4.68 Å². The molecule has 2 aromatic rings. The van der Waals surface area contributed by atoms with Crippen LogP contribution in [0.3, 0.4) is 0 Å². The molecule has 10 heteroatoms. The van der Waals surface area contributed by atoms with Gasteiger partial charge in [-0.3, -0.25) is 19.7 Å². The first-order valence-corrected chi connectivity index (χ1v) is 10.6. The number of rotatable bonds is 7. The van der Waals surface area contributed by atoms with Crippen molar-refractivity contribution in [1.29, 1.82) is 0 Å². The number of carbonyl (C=O) groups is 3. The summed E-state index contributed by atoms with van der Waals surface area (Å²) in [6.45, 7) is 6.10. The standard InChI is InChI=1S/C22H30N6O4/c1-13(2)16-12-19(29)26-22(24-16)28-18(11-14(3)27-28)25-21(31)20(30)23-10-9-15-7-5-6-8-17(15)32-4/h5-8,11,13,16,22,24H,9-10,12H2,1-4H3,(H,23,30)(H,25,31)(H,26,29). The topological polar surface area (TPSA) is 126 Å². The predicted molar refractivity (Wildman–Crippen MR) is 119 cm³/mol. The molecule has 3 rings (SSSR count). The Morgan fingerprint density at radius 3 is 2.75 bits per heavy atom. The van der Waals surface area contributed by atoms with Gasteiger partial charge in [-0.05, 0) is 30.9 Å². The number of benzene rings is 1. The number of hydrogen-bond acceptors (Lipinski definition) is 6. The molecular formula is C22H30N6O4. The van der Waals surface area contributed by atoms with Crippen molar-refractivity contribution in [3.8, 4) is 5.75 Å². The summed E-state index contributed by atoms with van der Waals surface area (Å²) in [6, 6.07) is 9.12. The molecule has 2 heterocycles. The average Bonchev–Trinajstić information content (AvgIpc) is 3.13. The van der Waals surface area contributed by atoms with Gasteiger partial charge < -0.3 is 20.7 Å². The molecule has 2 unspecified atom stereocenters. The van der Waals surface area contributed by atoms with E-state index in [-0.39, 0.29) is 24.4 Å². The van der Waals surface area contributed by atoms with E-state index < -0.39 is 18.1 Å². The number of aromatic nitrogens is 2. The molecule has 10 nitrogen and oxygen atoms in total. The highest BCUT2D eigenvalue weighted by atomic mass is 16.5. The summed E-state index contributed by atoms with van der Waals surface area (Å²) >= 11 is 0. The Labute approximate surface area is 187 Å². The summed E-state index contributed by atoms with van der Waals surface area (Å²) in [4.78, 5) is 36.9. The number of carbonyl (C=O) groups excluding carboxylic acids is 3. The van der Waals surface area contributed by atoms with Gasteiger partial charge in [0.25, 0.3) is 0 Å². The van der Waals surface area contributed by atoms with E-state index in [0.717, 1.165) is 11.3 Å². The second-order valence-electron chi connectivity index (χ2n) is 8.08. The highest BCUT2D eigenvalue weighted by Crippen LogP contribution is 2.20. The Bertz CT molecular complexity index is 987. The van der Waals surface area contributed by atoms with Crippen LogP contribution in [-0.2, 0) is 20.8 Å². The summed E-state index contributed by atoms with van der Waals surface area (Å²) in [6.07, 6.45) is 0.264. The number of hydrogen-bond donors (Lipinski definition) is 4. The zero-order valence-electron chi connectivity index (χ0n) is 18.8. The Morgan fingerprint density at radius 2 is 2.03 bits per heavy atom. The van der Waals surface area contributed by atoms with E-state index in [1.807, 2.05) is 38.1 Å². The van der Waals surface area contributed by atoms with Gasteiger partial charge in [0.2, 0.25) is 5.91 Å². The molecule has 0 radical (unpaired) electrons. The lowest BCUT2D eigenvalue weighted by Crippen LogP contribution is -2.55. The van der Waals surface area contributed by atoms with Crippen LogP contribution in [0.2, 0.25) is 0 Å². The molecule has 0 aliphatic carbocycles. The maximum Gasteiger partial charge on any atom is 0.314 e. The number of para-hydroxylation sites is 1. The number of anilines is 1. The van der Waals surface area contributed by atoms with E-state index in [9.17, 15) is 14.4 Å². The van der Waals surface area contributed by atoms with Crippen LogP contribution in [0.15, 0.2) is 30.3 Å². The minimum Gasteiger partial charge on any atom is -0.496 e. The normalized spacial score (nSPS) is 18.2. The molecule has 1 fully saturated rings. The monoisotopic (exact) mass is 442 g/mol. The number of aryl methyl sites for hydroxylation is 1. The van der Waals surface area contributed by atoms with Crippen molar-refractivity contribution < 1.29 is 19.1 Å². The molecule has 1 saturated heterocycles. The van der Waals surface area contributed by atoms with Crippen molar-refractivity contribution in [2.24, 2.45) is 5.92 Å². The van der Waals surface area contributed by atoms with Gasteiger partial charge in [0.1, 0.15) is 11.6 Å². The molecule has 1 aromatic heterocycles. The van der Waals surface area contributed by atoms with Gasteiger partial charge in [0.15, 0.2) is 6.29 Å². The molecule has 0 saturated carbocycles. The Balaban J connectivity index is 1.61. The third-order valence-corrected chi connectivity index (χ3v) is 5.30. The molecule has 3 amide bonds. The van der Waals surface area contributed by atoms with Crippen molar-refractivity contribution in [2.45, 2.75) is 45.9 Å². The Hall–Kier alpha value is -3.40. The van der Waals surface area contributed by atoms with Crippen LogP contribution in [0, 0.1) is 12.8 Å². The number of methoxy groups -OCH3 is 1. The molecule has 32 heavy (non-hydrogen) atoms. The highest BCUT2D eigenvalue weighted by molar-refractivity contribution is 6.39. The van der Waals surface area contributed by atoms with Crippen molar-refractivity contribution in [2.75, 3.05) is 19.0 Å². The molecular weight excluding hydrogens is 412 g/mol. The molecule has 0 spiro atoms. The van der Waals surface area contributed by atoms with Gasteiger partial charge >= 0.3 is 11.8 Å². The zero-order valence-corrected chi connectivity index (χ0v) is 18.8. The van der Waals surface area contributed by atoms with Crippen LogP contribution in [0.1, 0.15) is 37.8 Å². The minimum absolute atomic E-state index is 0.0277. The first-order chi connectivity index (χ1) is 15.3. The second-order valence-corrected chi connectivity index (χ2v) is 8.08. The van der Waals surface area contributed by atoms with Gasteiger partial charge in [-0.1, -0.05) is 32.0 Å². The van der Waals surface area contributed by atoms with Gasteiger partial charge in [-0.15, -0.1) is 0 Å². The third kappa shape index (κ3) is 5.64. The van der Waals surface area contributed by atoms with Crippen molar-refractivity contribution in [1.82, 2.24) is 25.7 Å². The van der Waals surface area contributed by atoms with Crippen LogP contribution in [0.25, 0.3) is 0 Å².